The highest BCUT2D eigenvalue weighted by atomic mass is 32.2. The zero-order valence-corrected chi connectivity index (χ0v) is 17.2. The first kappa shape index (κ1) is 21.0. The number of benzene rings is 2. The number of carbonyl (C=O) groups is 1. The number of primary amides is 1. The molecule has 27 heavy (non-hydrogen) atoms. The Hall–Kier alpha value is -2.34. The molecule has 0 aliphatic heterocycles. The van der Waals surface area contributed by atoms with E-state index in [2.05, 4.69) is 0 Å². The van der Waals surface area contributed by atoms with Crippen molar-refractivity contribution in [3.63, 3.8) is 0 Å². The number of hydrogen-bond acceptors (Lipinski definition) is 4. The van der Waals surface area contributed by atoms with Gasteiger partial charge in [-0.2, -0.15) is 0 Å². The summed E-state index contributed by atoms with van der Waals surface area (Å²) in [6, 6.07) is 14.2. The molecule has 6 heteroatoms. The zero-order valence-electron chi connectivity index (χ0n) is 16.3. The Balaban J connectivity index is 2.59. The number of carbonyl (C=O) groups excluding carboxylic acids is 1. The van der Waals surface area contributed by atoms with Crippen molar-refractivity contribution in [3.05, 3.63) is 48.5 Å². The van der Waals surface area contributed by atoms with Gasteiger partial charge >= 0.3 is 0 Å². The fourth-order valence-electron chi connectivity index (χ4n) is 3.28. The van der Waals surface area contributed by atoms with E-state index in [1.165, 1.54) is 6.26 Å². The molecule has 0 aromatic heterocycles. The van der Waals surface area contributed by atoms with E-state index in [9.17, 15) is 13.2 Å². The van der Waals surface area contributed by atoms with Crippen LogP contribution in [0.2, 0.25) is 0 Å². The fraction of sp³-hybridized carbons (Fsp3) is 0.381. The van der Waals surface area contributed by atoms with Crippen molar-refractivity contribution < 1.29 is 13.2 Å². The van der Waals surface area contributed by atoms with Gasteiger partial charge in [0.1, 0.15) is 6.04 Å². The monoisotopic (exact) mass is 388 g/mol. The highest BCUT2D eigenvalue weighted by Crippen LogP contribution is 2.32. The van der Waals surface area contributed by atoms with E-state index >= 15 is 0 Å². The minimum absolute atomic E-state index is 0.248. The zero-order chi connectivity index (χ0) is 20.2. The maximum absolute atomic E-state index is 12.5. The number of sulfone groups is 1. The second-order valence-corrected chi connectivity index (χ2v) is 9.14. The molecular weight excluding hydrogens is 360 g/mol. The SMILES string of the molecule is CCN(c1ccc(-c2ccccc2)c(S(C)(=O)=O)c1)[C@@H](CC(C)C)C(N)=O. The molecule has 0 unspecified atom stereocenters. The van der Waals surface area contributed by atoms with Crippen LogP contribution < -0.4 is 10.6 Å². The van der Waals surface area contributed by atoms with E-state index in [0.717, 1.165) is 5.56 Å². The number of nitrogens with zero attached hydrogens (tertiary/aromatic N) is 1. The summed E-state index contributed by atoms with van der Waals surface area (Å²) in [6.45, 7) is 6.55. The van der Waals surface area contributed by atoms with Gasteiger partial charge < -0.3 is 10.6 Å². The van der Waals surface area contributed by atoms with E-state index in [0.29, 0.717) is 24.2 Å². The largest absolute Gasteiger partial charge is 0.368 e. The van der Waals surface area contributed by atoms with Crippen molar-refractivity contribution in [2.24, 2.45) is 11.7 Å². The molecule has 2 aromatic carbocycles. The second-order valence-electron chi connectivity index (χ2n) is 7.15. The van der Waals surface area contributed by atoms with Gasteiger partial charge in [0, 0.05) is 24.1 Å². The van der Waals surface area contributed by atoms with E-state index < -0.39 is 21.8 Å². The van der Waals surface area contributed by atoms with Crippen LogP contribution in [0.4, 0.5) is 5.69 Å². The fourth-order valence-corrected chi connectivity index (χ4v) is 4.20. The molecule has 0 fully saturated rings. The summed E-state index contributed by atoms with van der Waals surface area (Å²) in [5.74, 6) is -0.117. The molecule has 2 rings (SSSR count). The minimum Gasteiger partial charge on any atom is -0.368 e. The molecular formula is C21H28N2O3S. The smallest absolute Gasteiger partial charge is 0.240 e. The summed E-state index contributed by atoms with van der Waals surface area (Å²) in [5, 5.41) is 0. The number of hydrogen-bond donors (Lipinski definition) is 1. The van der Waals surface area contributed by atoms with Gasteiger partial charge in [-0.3, -0.25) is 4.79 Å². The summed E-state index contributed by atoms with van der Waals surface area (Å²) in [7, 11) is -3.46. The molecule has 0 saturated carbocycles. The molecule has 0 aliphatic carbocycles. The van der Waals surface area contributed by atoms with Crippen LogP contribution in [0, 0.1) is 5.92 Å². The maximum atomic E-state index is 12.5. The maximum Gasteiger partial charge on any atom is 0.240 e. The van der Waals surface area contributed by atoms with Crippen LogP contribution in [0.3, 0.4) is 0 Å². The molecule has 0 aliphatic rings. The lowest BCUT2D eigenvalue weighted by Gasteiger charge is -2.32. The van der Waals surface area contributed by atoms with Crippen LogP contribution >= 0.6 is 0 Å². The molecule has 2 N–H and O–H groups in total. The molecule has 1 amide bonds. The van der Waals surface area contributed by atoms with Crippen LogP contribution in [0.15, 0.2) is 53.4 Å². The molecule has 0 radical (unpaired) electrons. The van der Waals surface area contributed by atoms with E-state index in [4.69, 9.17) is 5.73 Å². The van der Waals surface area contributed by atoms with Gasteiger partial charge in [-0.25, -0.2) is 8.42 Å². The van der Waals surface area contributed by atoms with Gasteiger partial charge in [-0.15, -0.1) is 0 Å². The van der Waals surface area contributed by atoms with Gasteiger partial charge in [-0.05, 0) is 37.0 Å². The molecule has 0 bridgehead atoms. The number of likely N-dealkylation sites (N-methyl/N-ethyl adjacent to an activating group) is 1. The molecule has 2 aromatic rings. The third kappa shape index (κ3) is 5.10. The van der Waals surface area contributed by atoms with Gasteiger partial charge in [0.05, 0.1) is 4.90 Å². The van der Waals surface area contributed by atoms with Crippen molar-refractivity contribution >= 4 is 21.4 Å². The van der Waals surface area contributed by atoms with E-state index in [1.807, 2.05) is 62.1 Å². The van der Waals surface area contributed by atoms with Crippen LogP contribution in [0.25, 0.3) is 11.1 Å². The summed E-state index contributed by atoms with van der Waals surface area (Å²) in [6.07, 6.45) is 1.81. The molecule has 1 atom stereocenters. The summed E-state index contributed by atoms with van der Waals surface area (Å²) < 4.78 is 24.9. The molecule has 0 heterocycles. The Morgan fingerprint density at radius 3 is 2.22 bits per heavy atom. The van der Waals surface area contributed by atoms with Gasteiger partial charge in [0.15, 0.2) is 9.84 Å². The van der Waals surface area contributed by atoms with Crippen molar-refractivity contribution in [3.8, 4) is 11.1 Å². The van der Waals surface area contributed by atoms with Crippen LogP contribution in [0.1, 0.15) is 27.2 Å². The summed E-state index contributed by atoms with van der Waals surface area (Å²) in [4.78, 5) is 14.2. The predicted molar refractivity (Wildman–Crippen MR) is 110 cm³/mol. The molecule has 0 spiro atoms. The Bertz CT molecular complexity index is 893. The van der Waals surface area contributed by atoms with Crippen LogP contribution in [-0.4, -0.2) is 33.2 Å². The third-order valence-corrected chi connectivity index (χ3v) is 5.66. The lowest BCUT2D eigenvalue weighted by molar-refractivity contribution is -0.119. The molecule has 5 nitrogen and oxygen atoms in total. The lowest BCUT2D eigenvalue weighted by atomic mass is 10.00. The quantitative estimate of drug-likeness (QED) is 0.751. The predicted octanol–water partition coefficient (Wildman–Crippen LogP) is 3.48. The molecule has 146 valence electrons. The Kier molecular flexibility index (Phi) is 6.65. The van der Waals surface area contributed by atoms with Crippen molar-refractivity contribution in [2.45, 2.75) is 38.1 Å². The van der Waals surface area contributed by atoms with Crippen molar-refractivity contribution in [2.75, 3.05) is 17.7 Å². The molecule has 0 saturated heterocycles. The first-order valence-corrected chi connectivity index (χ1v) is 11.0. The van der Waals surface area contributed by atoms with Gasteiger partial charge in [0.2, 0.25) is 5.91 Å². The lowest BCUT2D eigenvalue weighted by Crippen LogP contribution is -2.45. The first-order valence-electron chi connectivity index (χ1n) is 9.10. The number of anilines is 1. The number of amides is 1. The normalized spacial score (nSPS) is 12.8. The average molecular weight is 389 g/mol. The summed E-state index contributed by atoms with van der Waals surface area (Å²) >= 11 is 0. The van der Waals surface area contributed by atoms with E-state index in [-0.39, 0.29) is 10.8 Å². The Labute approximate surface area is 162 Å². The average Bonchev–Trinajstić information content (AvgIpc) is 2.61. The Morgan fingerprint density at radius 2 is 1.74 bits per heavy atom. The second kappa shape index (κ2) is 8.57. The highest BCUT2D eigenvalue weighted by Gasteiger charge is 2.26. The van der Waals surface area contributed by atoms with Crippen molar-refractivity contribution in [1.82, 2.24) is 0 Å². The number of rotatable bonds is 8. The first-order chi connectivity index (χ1) is 12.6. The highest BCUT2D eigenvalue weighted by molar-refractivity contribution is 7.90. The Morgan fingerprint density at radius 1 is 1.11 bits per heavy atom. The van der Waals surface area contributed by atoms with E-state index in [1.54, 1.807) is 12.1 Å². The topological polar surface area (TPSA) is 80.5 Å². The standard InChI is InChI=1S/C21H28N2O3S/c1-5-23(19(21(22)24)13-15(2)3)17-11-12-18(16-9-7-6-8-10-16)20(14-17)27(4,25)26/h6-12,14-15,19H,5,13H2,1-4H3,(H2,22,24)/t19-/m0/s1. The third-order valence-electron chi connectivity index (χ3n) is 4.52. The number of nitrogens with two attached hydrogens (primary N) is 1. The van der Waals surface area contributed by atoms with Crippen molar-refractivity contribution in [1.29, 1.82) is 0 Å². The minimum atomic E-state index is -3.46. The van der Waals surface area contributed by atoms with Crippen LogP contribution in [-0.2, 0) is 14.6 Å². The van der Waals surface area contributed by atoms with Gasteiger partial charge in [0.25, 0.3) is 0 Å². The van der Waals surface area contributed by atoms with Crippen LogP contribution in [0.5, 0.6) is 0 Å². The van der Waals surface area contributed by atoms with Gasteiger partial charge in [-0.1, -0.05) is 50.2 Å². The summed E-state index contributed by atoms with van der Waals surface area (Å²) in [5.41, 5.74) is 7.81.